The molecule has 2 aromatic rings. The normalized spacial score (nSPS) is 11.9. The summed E-state index contributed by atoms with van der Waals surface area (Å²) in [5, 5.41) is 5.72. The summed E-state index contributed by atoms with van der Waals surface area (Å²) in [5.74, 6) is 0.0130. The van der Waals surface area contributed by atoms with Crippen molar-refractivity contribution in [1.82, 2.24) is 4.98 Å². The Balaban J connectivity index is 1.90. The Morgan fingerprint density at radius 3 is 2.85 bits per heavy atom. The van der Waals surface area contributed by atoms with Gasteiger partial charge in [-0.2, -0.15) is 0 Å². The van der Waals surface area contributed by atoms with Crippen molar-refractivity contribution < 1.29 is 9.53 Å². The van der Waals surface area contributed by atoms with Crippen LogP contribution in [0.25, 0.3) is 0 Å². The fraction of sp³-hybridized carbons (Fsp3) is 0.333. The quantitative estimate of drug-likeness (QED) is 0.827. The van der Waals surface area contributed by atoms with Crippen molar-refractivity contribution in [2.45, 2.75) is 19.8 Å². The predicted molar refractivity (Wildman–Crippen MR) is 81.4 cm³/mol. The Kier molecular flexibility index (Phi) is 5.12. The van der Waals surface area contributed by atoms with Gasteiger partial charge in [0.2, 0.25) is 0 Å². The lowest BCUT2D eigenvalue weighted by atomic mass is 10.0. The number of thiazole rings is 1. The summed E-state index contributed by atoms with van der Waals surface area (Å²) in [5.41, 5.74) is 1.65. The van der Waals surface area contributed by atoms with Crippen molar-refractivity contribution in [2.24, 2.45) is 0 Å². The van der Waals surface area contributed by atoms with Crippen LogP contribution >= 0.6 is 11.3 Å². The highest BCUT2D eigenvalue weighted by atomic mass is 32.1. The number of carbonyl (C=O) groups excluding carboxylic acids is 1. The van der Waals surface area contributed by atoms with E-state index in [4.69, 9.17) is 4.74 Å². The van der Waals surface area contributed by atoms with Crippen LogP contribution in [0.15, 0.2) is 35.7 Å². The molecule has 1 N–H and O–H groups in total. The number of carbonyl (C=O) groups is 1. The summed E-state index contributed by atoms with van der Waals surface area (Å²) in [6, 6.07) is 10.3. The van der Waals surface area contributed by atoms with E-state index in [1.807, 2.05) is 18.2 Å². The molecule has 5 heteroatoms. The molecule has 0 saturated carbocycles. The van der Waals surface area contributed by atoms with Gasteiger partial charge in [0.15, 0.2) is 10.8 Å². The predicted octanol–water partition coefficient (Wildman–Crippen LogP) is 3.54. The molecule has 0 aliphatic heterocycles. The highest BCUT2D eigenvalue weighted by molar-refractivity contribution is 7.13. The van der Waals surface area contributed by atoms with Gasteiger partial charge >= 0.3 is 5.97 Å². The van der Waals surface area contributed by atoms with Crippen molar-refractivity contribution in [3.8, 4) is 0 Å². The first kappa shape index (κ1) is 14.5. The van der Waals surface area contributed by atoms with Crippen LogP contribution in [-0.2, 0) is 4.74 Å². The highest BCUT2D eigenvalue weighted by Gasteiger charge is 2.12. The fourth-order valence-electron chi connectivity index (χ4n) is 1.79. The first-order chi connectivity index (χ1) is 9.70. The molecule has 1 atom stereocenters. The van der Waals surface area contributed by atoms with E-state index < -0.39 is 0 Å². The lowest BCUT2D eigenvalue weighted by Gasteiger charge is -2.12. The van der Waals surface area contributed by atoms with Gasteiger partial charge in [0, 0.05) is 11.9 Å². The summed E-state index contributed by atoms with van der Waals surface area (Å²) >= 11 is 1.42. The third-order valence-electron chi connectivity index (χ3n) is 2.92. The second-order valence-corrected chi connectivity index (χ2v) is 5.31. The number of nitrogens with one attached hydrogen (secondary N) is 1. The number of ether oxygens (including phenoxy) is 1. The lowest BCUT2D eigenvalue weighted by molar-refractivity contribution is 0.0520. The van der Waals surface area contributed by atoms with Gasteiger partial charge in [0.1, 0.15) is 0 Å². The van der Waals surface area contributed by atoms with Crippen LogP contribution in [0, 0.1) is 0 Å². The smallest absolute Gasteiger partial charge is 0.357 e. The minimum atomic E-state index is -0.368. The maximum Gasteiger partial charge on any atom is 0.357 e. The van der Waals surface area contributed by atoms with Crippen LogP contribution in [0.2, 0.25) is 0 Å². The SMILES string of the molecule is CCOC(=O)c1csc(NCC(C)c2ccccc2)n1. The molecule has 1 heterocycles. The molecular weight excluding hydrogens is 272 g/mol. The van der Waals surface area contributed by atoms with E-state index in [0.29, 0.717) is 18.2 Å². The average Bonchev–Trinajstić information content (AvgIpc) is 2.95. The van der Waals surface area contributed by atoms with Crippen molar-refractivity contribution >= 4 is 22.4 Å². The van der Waals surface area contributed by atoms with E-state index in [1.54, 1.807) is 12.3 Å². The molecule has 0 amide bonds. The van der Waals surface area contributed by atoms with Gasteiger partial charge in [-0.05, 0) is 18.4 Å². The topological polar surface area (TPSA) is 51.2 Å². The van der Waals surface area contributed by atoms with Gasteiger partial charge in [-0.25, -0.2) is 9.78 Å². The zero-order chi connectivity index (χ0) is 14.4. The average molecular weight is 290 g/mol. The standard InChI is InChI=1S/C15H18N2O2S/c1-3-19-14(18)13-10-20-15(17-13)16-9-11(2)12-7-5-4-6-8-12/h4-8,10-11H,3,9H2,1-2H3,(H,16,17). The summed E-state index contributed by atoms with van der Waals surface area (Å²) in [4.78, 5) is 15.7. The lowest BCUT2D eigenvalue weighted by Crippen LogP contribution is -2.10. The molecule has 2 rings (SSSR count). The third kappa shape index (κ3) is 3.81. The molecule has 0 spiro atoms. The first-order valence-electron chi connectivity index (χ1n) is 6.62. The van der Waals surface area contributed by atoms with E-state index in [1.165, 1.54) is 16.9 Å². The zero-order valence-corrected chi connectivity index (χ0v) is 12.4. The second-order valence-electron chi connectivity index (χ2n) is 4.45. The van der Waals surface area contributed by atoms with Gasteiger partial charge in [-0.1, -0.05) is 37.3 Å². The number of rotatable bonds is 6. The molecule has 0 aliphatic carbocycles. The number of benzene rings is 1. The van der Waals surface area contributed by atoms with Crippen LogP contribution in [-0.4, -0.2) is 24.1 Å². The van der Waals surface area contributed by atoms with Crippen molar-refractivity contribution in [3.63, 3.8) is 0 Å². The highest BCUT2D eigenvalue weighted by Crippen LogP contribution is 2.19. The number of esters is 1. The monoisotopic (exact) mass is 290 g/mol. The number of nitrogens with zero attached hydrogens (tertiary/aromatic N) is 1. The fourth-order valence-corrected chi connectivity index (χ4v) is 2.48. The number of hydrogen-bond donors (Lipinski definition) is 1. The molecule has 0 fully saturated rings. The third-order valence-corrected chi connectivity index (χ3v) is 3.72. The summed E-state index contributed by atoms with van der Waals surface area (Å²) in [6.45, 7) is 5.08. The molecule has 1 aromatic heterocycles. The maximum absolute atomic E-state index is 11.5. The Hall–Kier alpha value is -1.88. The van der Waals surface area contributed by atoms with Crippen LogP contribution in [0.4, 0.5) is 5.13 Å². The summed E-state index contributed by atoms with van der Waals surface area (Å²) < 4.78 is 4.91. The Morgan fingerprint density at radius 1 is 1.40 bits per heavy atom. The van der Waals surface area contributed by atoms with Crippen molar-refractivity contribution in [2.75, 3.05) is 18.5 Å². The molecule has 0 saturated heterocycles. The molecular formula is C15H18N2O2S. The minimum Gasteiger partial charge on any atom is -0.461 e. The van der Waals surface area contributed by atoms with Crippen LogP contribution in [0.3, 0.4) is 0 Å². The van der Waals surface area contributed by atoms with Gasteiger partial charge in [0.25, 0.3) is 0 Å². The number of hydrogen-bond acceptors (Lipinski definition) is 5. The molecule has 1 unspecified atom stereocenters. The summed E-state index contributed by atoms with van der Waals surface area (Å²) in [7, 11) is 0. The van der Waals surface area contributed by atoms with Crippen LogP contribution in [0.1, 0.15) is 35.8 Å². The van der Waals surface area contributed by atoms with E-state index in [-0.39, 0.29) is 5.97 Å². The second kappa shape index (κ2) is 7.05. The van der Waals surface area contributed by atoms with E-state index >= 15 is 0 Å². The molecule has 0 aliphatic rings. The summed E-state index contributed by atoms with van der Waals surface area (Å²) in [6.07, 6.45) is 0. The zero-order valence-electron chi connectivity index (χ0n) is 11.6. The number of aromatic nitrogens is 1. The number of anilines is 1. The Morgan fingerprint density at radius 2 is 2.15 bits per heavy atom. The molecule has 0 radical (unpaired) electrons. The molecule has 1 aromatic carbocycles. The molecule has 4 nitrogen and oxygen atoms in total. The van der Waals surface area contributed by atoms with Crippen LogP contribution in [0.5, 0.6) is 0 Å². The van der Waals surface area contributed by atoms with Gasteiger partial charge in [-0.3, -0.25) is 0 Å². The van der Waals surface area contributed by atoms with E-state index in [9.17, 15) is 4.79 Å². The van der Waals surface area contributed by atoms with Crippen molar-refractivity contribution in [1.29, 1.82) is 0 Å². The Labute approximate surface area is 122 Å². The van der Waals surface area contributed by atoms with E-state index in [2.05, 4.69) is 29.4 Å². The van der Waals surface area contributed by atoms with Crippen LogP contribution < -0.4 is 5.32 Å². The minimum absolute atomic E-state index is 0.365. The van der Waals surface area contributed by atoms with Crippen molar-refractivity contribution in [3.05, 3.63) is 47.0 Å². The maximum atomic E-state index is 11.5. The van der Waals surface area contributed by atoms with E-state index in [0.717, 1.165) is 11.7 Å². The largest absolute Gasteiger partial charge is 0.461 e. The first-order valence-corrected chi connectivity index (χ1v) is 7.50. The molecule has 106 valence electrons. The molecule has 20 heavy (non-hydrogen) atoms. The van der Waals surface area contributed by atoms with Gasteiger partial charge in [0.05, 0.1) is 6.61 Å². The molecule has 0 bridgehead atoms. The Bertz CT molecular complexity index is 554. The van der Waals surface area contributed by atoms with Gasteiger partial charge < -0.3 is 10.1 Å². The van der Waals surface area contributed by atoms with Gasteiger partial charge in [-0.15, -0.1) is 11.3 Å².